The number of nitro groups is 1. The summed E-state index contributed by atoms with van der Waals surface area (Å²) in [5, 5.41) is 15.6. The molecule has 0 spiro atoms. The van der Waals surface area contributed by atoms with Crippen LogP contribution in [0, 0.1) is 10.1 Å². The number of nitrogens with one attached hydrogen (secondary N) is 1. The predicted molar refractivity (Wildman–Crippen MR) is 62.5 cm³/mol. The highest BCUT2D eigenvalue weighted by molar-refractivity contribution is 5.91. The summed E-state index contributed by atoms with van der Waals surface area (Å²) in [5.41, 5.74) is 22.3. The molecule has 0 unspecified atom stereocenters. The highest BCUT2D eigenvalue weighted by Gasteiger charge is 1.97. The molecule has 0 aromatic carbocycles. The molecule has 14 nitrogen and oxygen atoms in total. The Labute approximate surface area is 105 Å². The molecule has 11 N–H and O–H groups in total. The number of urea groups is 1. The van der Waals surface area contributed by atoms with Gasteiger partial charge in [0.05, 0.1) is 0 Å². The van der Waals surface area contributed by atoms with E-state index in [1.165, 1.54) is 0 Å². The van der Waals surface area contributed by atoms with Gasteiger partial charge in [-0.15, -0.1) is 0 Å². The molecule has 0 saturated carbocycles. The smallest absolute Gasteiger partial charge is 0.376 e. The topological polar surface area (TPSA) is 255 Å². The molecule has 0 radical (unpaired) electrons. The third kappa shape index (κ3) is 8.37. The van der Waals surface area contributed by atoms with Crippen LogP contribution in [-0.4, -0.2) is 32.0 Å². The number of nitrogen functional groups attached to an aromatic ring is 2. The molecule has 14 heteroatoms. The van der Waals surface area contributed by atoms with Crippen LogP contribution < -0.4 is 33.7 Å². The maximum Gasteiger partial charge on any atom is 0.376 e. The molecule has 1 aromatic rings. The number of hydrogen-bond acceptors (Lipinski definition) is 8. The van der Waals surface area contributed by atoms with Gasteiger partial charge in [0.1, 0.15) is 11.0 Å². The van der Waals surface area contributed by atoms with E-state index >= 15 is 0 Å². The summed E-state index contributed by atoms with van der Waals surface area (Å²) in [6, 6.07) is -0.750. The number of nitrogens with two attached hydrogens (primary N) is 5. The Morgan fingerprint density at radius 2 is 1.74 bits per heavy atom. The van der Waals surface area contributed by atoms with E-state index in [9.17, 15) is 14.9 Å². The van der Waals surface area contributed by atoms with Crippen molar-refractivity contribution in [3.63, 3.8) is 0 Å². The first-order valence-corrected chi connectivity index (χ1v) is 4.28. The van der Waals surface area contributed by atoms with Gasteiger partial charge >= 0.3 is 12.0 Å². The SMILES string of the molecule is NC(=[NH2+])NC(N)=O.Nc1nc(N)nc([N-][N+](=O)[O-])n1. The van der Waals surface area contributed by atoms with E-state index < -0.39 is 17.0 Å². The van der Waals surface area contributed by atoms with E-state index in [-0.39, 0.29) is 17.9 Å². The van der Waals surface area contributed by atoms with E-state index in [4.69, 9.17) is 22.6 Å². The Bertz CT molecular complexity index is 455. The molecule has 0 saturated heterocycles. The number of hydrogen-bond donors (Lipinski definition) is 6. The minimum Gasteiger partial charge on any atom is -0.381 e. The zero-order valence-electron chi connectivity index (χ0n) is 9.35. The van der Waals surface area contributed by atoms with Crippen LogP contribution in [0.2, 0.25) is 0 Å². The monoisotopic (exact) mass is 273 g/mol. The molecule has 1 heterocycles. The normalized spacial score (nSPS) is 8.63. The Balaban J connectivity index is 0.000000399. The molecular formula is C5H11N11O3. The second-order valence-electron chi connectivity index (χ2n) is 2.63. The number of guanidine groups is 1. The number of carbonyl (C=O) groups is 1. The number of nitrogens with zero attached hydrogens (tertiary/aromatic N) is 5. The minimum absolute atomic E-state index is 0.187. The molecule has 0 aliphatic carbocycles. The van der Waals surface area contributed by atoms with E-state index in [2.05, 4.69) is 26.1 Å². The molecule has 0 aliphatic heterocycles. The fraction of sp³-hybridized carbons (Fsp3) is 0. The van der Waals surface area contributed by atoms with Crippen LogP contribution in [-0.2, 0) is 0 Å². The Morgan fingerprint density at radius 1 is 1.26 bits per heavy atom. The van der Waals surface area contributed by atoms with Crippen molar-refractivity contribution in [2.45, 2.75) is 0 Å². The number of carbonyl (C=O) groups excluding carboxylic acids is 1. The van der Waals surface area contributed by atoms with Crippen LogP contribution in [0.1, 0.15) is 0 Å². The zero-order valence-corrected chi connectivity index (χ0v) is 9.35. The highest BCUT2D eigenvalue weighted by atomic mass is 16.7. The van der Waals surface area contributed by atoms with Crippen molar-refractivity contribution >= 4 is 29.8 Å². The maximum absolute atomic E-state index is 9.85. The fourth-order valence-electron chi connectivity index (χ4n) is 0.657. The zero-order chi connectivity index (χ0) is 15.0. The highest BCUT2D eigenvalue weighted by Crippen LogP contribution is 2.12. The van der Waals surface area contributed by atoms with Crippen LogP contribution in [0.4, 0.5) is 22.6 Å². The van der Waals surface area contributed by atoms with Crippen molar-refractivity contribution in [1.29, 1.82) is 0 Å². The van der Waals surface area contributed by atoms with E-state index in [1.54, 1.807) is 0 Å². The summed E-state index contributed by atoms with van der Waals surface area (Å²) in [7, 11) is 0. The van der Waals surface area contributed by atoms with Gasteiger partial charge in [-0.1, -0.05) is 5.43 Å². The molecule has 1 aromatic heterocycles. The fourth-order valence-corrected chi connectivity index (χ4v) is 0.657. The lowest BCUT2D eigenvalue weighted by Crippen LogP contribution is -2.57. The molecule has 0 aliphatic rings. The summed E-state index contributed by atoms with van der Waals surface area (Å²) in [6.07, 6.45) is 0. The molecule has 0 fully saturated rings. The van der Waals surface area contributed by atoms with Crippen LogP contribution in [0.25, 0.3) is 5.43 Å². The van der Waals surface area contributed by atoms with Gasteiger partial charge in [-0.25, -0.2) is 19.9 Å². The van der Waals surface area contributed by atoms with Gasteiger partial charge in [-0.3, -0.25) is 11.1 Å². The average molecular weight is 273 g/mol. The lowest BCUT2D eigenvalue weighted by molar-refractivity contribution is -0.419. The average Bonchev–Trinajstić information content (AvgIpc) is 2.11. The number of rotatable bonds is 2. The molecule has 2 amide bonds. The minimum atomic E-state index is -0.950. The molecule has 1 rings (SSSR count). The molecule has 19 heavy (non-hydrogen) atoms. The Morgan fingerprint density at radius 3 is 2.00 bits per heavy atom. The van der Waals surface area contributed by atoms with Gasteiger partial charge in [0.2, 0.25) is 0 Å². The molecular weight excluding hydrogens is 262 g/mol. The van der Waals surface area contributed by atoms with Crippen molar-refractivity contribution in [2.24, 2.45) is 11.5 Å². The number of primary amides is 1. The summed E-state index contributed by atoms with van der Waals surface area (Å²) in [4.78, 5) is 29.7. The van der Waals surface area contributed by atoms with Crippen molar-refractivity contribution < 1.29 is 15.2 Å². The predicted octanol–water partition coefficient (Wildman–Crippen LogP) is -4.04. The van der Waals surface area contributed by atoms with Crippen molar-refractivity contribution in [3.8, 4) is 0 Å². The van der Waals surface area contributed by atoms with Crippen LogP contribution in [0.3, 0.4) is 0 Å². The summed E-state index contributed by atoms with van der Waals surface area (Å²) < 4.78 is 0. The number of aromatic nitrogens is 3. The van der Waals surface area contributed by atoms with E-state index in [0.717, 1.165) is 0 Å². The number of amides is 2. The van der Waals surface area contributed by atoms with Gasteiger partial charge in [0, 0.05) is 0 Å². The Hall–Kier alpha value is -3.45. The third-order valence-electron chi connectivity index (χ3n) is 1.10. The lowest BCUT2D eigenvalue weighted by Gasteiger charge is -2.05. The van der Waals surface area contributed by atoms with Crippen molar-refractivity contribution in [3.05, 3.63) is 15.5 Å². The van der Waals surface area contributed by atoms with Gasteiger partial charge in [0.25, 0.3) is 0 Å². The van der Waals surface area contributed by atoms with Crippen molar-refractivity contribution in [1.82, 2.24) is 20.3 Å². The first-order chi connectivity index (χ1) is 8.70. The largest absolute Gasteiger partial charge is 0.381 e. The van der Waals surface area contributed by atoms with Gasteiger partial charge < -0.3 is 27.2 Å². The van der Waals surface area contributed by atoms with E-state index in [0.29, 0.717) is 0 Å². The quantitative estimate of drug-likeness (QED) is 0.132. The van der Waals surface area contributed by atoms with Crippen molar-refractivity contribution in [2.75, 3.05) is 11.5 Å². The standard InChI is InChI=1S/C3H4N7O2.C2H6N4O/c4-1-6-2(5)8-3(7-1)9-10(11)12;3-1(4)6-2(5)7/h(H4-,4,5,6,7,8,9);(H6,3,4,5,6,7)/q-1;/p+1. The third-order valence-corrected chi connectivity index (χ3v) is 1.10. The molecule has 0 bridgehead atoms. The first kappa shape index (κ1) is 15.5. The molecule has 104 valence electrons. The van der Waals surface area contributed by atoms with E-state index in [1.807, 2.05) is 5.32 Å². The number of anilines is 2. The van der Waals surface area contributed by atoms with Crippen LogP contribution in [0.15, 0.2) is 0 Å². The Kier molecular flexibility index (Phi) is 5.72. The van der Waals surface area contributed by atoms with Crippen LogP contribution in [0.5, 0.6) is 0 Å². The lowest BCUT2D eigenvalue weighted by atomic mass is 10.8. The summed E-state index contributed by atoms with van der Waals surface area (Å²) >= 11 is 0. The maximum atomic E-state index is 9.85. The molecule has 0 atom stereocenters. The first-order valence-electron chi connectivity index (χ1n) is 4.28. The second-order valence-corrected chi connectivity index (χ2v) is 2.63. The summed E-state index contributed by atoms with van der Waals surface area (Å²) in [6.45, 7) is 0. The van der Waals surface area contributed by atoms with Crippen LogP contribution >= 0.6 is 0 Å². The summed E-state index contributed by atoms with van der Waals surface area (Å²) in [5.74, 6) is -1.01. The second kappa shape index (κ2) is 6.99. The van der Waals surface area contributed by atoms with Gasteiger partial charge in [-0.05, 0) is 0 Å². The van der Waals surface area contributed by atoms with Gasteiger partial charge in [-0.2, -0.15) is 5.32 Å². The van der Waals surface area contributed by atoms with Gasteiger partial charge in [0.15, 0.2) is 11.9 Å².